The van der Waals surface area contributed by atoms with Gasteiger partial charge in [-0.2, -0.15) is 18.3 Å². The summed E-state index contributed by atoms with van der Waals surface area (Å²) in [5.74, 6) is -0.0244. The fraction of sp³-hybridized carbons (Fsp3) is 0.286. The largest absolute Gasteiger partial charge is 0.433 e. The van der Waals surface area contributed by atoms with Crippen LogP contribution in [-0.4, -0.2) is 42.6 Å². The number of amides is 1. The first-order valence-corrected chi connectivity index (χ1v) is 9.86. The van der Waals surface area contributed by atoms with Gasteiger partial charge in [-0.05, 0) is 30.5 Å². The number of halogens is 3. The molecule has 0 fully saturated rings. The fourth-order valence-corrected chi connectivity index (χ4v) is 4.31. The second-order valence-corrected chi connectivity index (χ2v) is 7.81. The monoisotopic (exact) mass is 441 g/mol. The van der Waals surface area contributed by atoms with Gasteiger partial charge in [-0.15, -0.1) is 0 Å². The van der Waals surface area contributed by atoms with E-state index in [4.69, 9.17) is 5.73 Å². The number of carbonyl (C=O) groups excluding carboxylic acids is 1. The SMILES string of the molecule is CN(C(=O)c1cc2c(cn1)nc(N)c1cnn(C)c12)[C@@H]1CCc2nc(C(F)(F)F)ccc21. The van der Waals surface area contributed by atoms with Crippen LogP contribution in [-0.2, 0) is 19.6 Å². The van der Waals surface area contributed by atoms with Crippen LogP contribution >= 0.6 is 0 Å². The van der Waals surface area contributed by atoms with E-state index in [1.54, 1.807) is 31.0 Å². The van der Waals surface area contributed by atoms with Crippen molar-refractivity contribution in [2.45, 2.75) is 25.1 Å². The Bertz CT molecular complexity index is 1400. The van der Waals surface area contributed by atoms with E-state index in [1.165, 1.54) is 17.2 Å². The molecule has 0 spiro atoms. The predicted octanol–water partition coefficient (Wildman–Crippen LogP) is 3.27. The lowest BCUT2D eigenvalue weighted by molar-refractivity contribution is -0.141. The van der Waals surface area contributed by atoms with E-state index in [1.807, 2.05) is 0 Å². The molecule has 1 atom stereocenters. The first-order valence-electron chi connectivity index (χ1n) is 9.86. The van der Waals surface area contributed by atoms with E-state index in [0.717, 1.165) is 11.6 Å². The van der Waals surface area contributed by atoms with Gasteiger partial charge in [0.1, 0.15) is 17.2 Å². The number of nitrogens with zero attached hydrogens (tertiary/aromatic N) is 6. The van der Waals surface area contributed by atoms with E-state index in [-0.39, 0.29) is 17.6 Å². The molecular weight excluding hydrogens is 423 g/mol. The van der Waals surface area contributed by atoms with Crippen LogP contribution in [0.1, 0.15) is 39.9 Å². The van der Waals surface area contributed by atoms with Crippen molar-refractivity contribution < 1.29 is 18.0 Å². The molecule has 0 saturated heterocycles. The van der Waals surface area contributed by atoms with Gasteiger partial charge in [0.15, 0.2) is 0 Å². The molecule has 4 heterocycles. The Labute approximate surface area is 179 Å². The minimum Gasteiger partial charge on any atom is -0.383 e. The maximum Gasteiger partial charge on any atom is 0.433 e. The summed E-state index contributed by atoms with van der Waals surface area (Å²) in [7, 11) is 3.39. The Morgan fingerprint density at radius 1 is 1.22 bits per heavy atom. The van der Waals surface area contributed by atoms with Gasteiger partial charge in [-0.3, -0.25) is 9.48 Å². The van der Waals surface area contributed by atoms with Crippen LogP contribution in [0.5, 0.6) is 0 Å². The third kappa shape index (κ3) is 3.03. The summed E-state index contributed by atoms with van der Waals surface area (Å²) in [4.78, 5) is 27.1. The summed E-state index contributed by atoms with van der Waals surface area (Å²) >= 11 is 0. The summed E-state index contributed by atoms with van der Waals surface area (Å²) < 4.78 is 40.6. The average Bonchev–Trinajstić information content (AvgIpc) is 3.36. The highest BCUT2D eigenvalue weighted by Crippen LogP contribution is 2.37. The van der Waals surface area contributed by atoms with E-state index in [9.17, 15) is 18.0 Å². The number of hydrogen-bond donors (Lipinski definition) is 1. The standard InChI is InChI=1S/C21H18F3N7O/c1-30(16-5-4-13-10(16)3-6-17(28-13)21(22,23)24)20(32)14-7-11-15(9-26-14)29-19(25)12-8-27-31(2)18(11)12/h3,6-9,16H,4-5H2,1-2H3,(H2,25,29)/t16-/m1/s1. The zero-order valence-electron chi connectivity index (χ0n) is 17.2. The van der Waals surface area contributed by atoms with Crippen LogP contribution in [0.3, 0.4) is 0 Å². The molecule has 4 aromatic rings. The molecule has 1 aliphatic carbocycles. The van der Waals surface area contributed by atoms with Gasteiger partial charge < -0.3 is 10.6 Å². The molecule has 1 amide bonds. The zero-order valence-corrected chi connectivity index (χ0v) is 17.2. The molecule has 4 aromatic heterocycles. The molecule has 0 unspecified atom stereocenters. The van der Waals surface area contributed by atoms with Crippen molar-refractivity contribution in [2.24, 2.45) is 7.05 Å². The molecular formula is C21H18F3N7O. The lowest BCUT2D eigenvalue weighted by atomic mass is 10.1. The van der Waals surface area contributed by atoms with Gasteiger partial charge >= 0.3 is 6.18 Å². The molecule has 5 rings (SSSR count). The van der Waals surface area contributed by atoms with Crippen molar-refractivity contribution in [2.75, 3.05) is 12.8 Å². The molecule has 32 heavy (non-hydrogen) atoms. The molecule has 0 bridgehead atoms. The second kappa shape index (κ2) is 6.87. The number of aryl methyl sites for hydroxylation is 2. The molecule has 0 aromatic carbocycles. The lowest BCUT2D eigenvalue weighted by Crippen LogP contribution is -2.30. The van der Waals surface area contributed by atoms with Gasteiger partial charge in [-0.1, -0.05) is 6.07 Å². The van der Waals surface area contributed by atoms with Crippen molar-refractivity contribution in [1.29, 1.82) is 0 Å². The summed E-state index contributed by atoms with van der Waals surface area (Å²) in [6.45, 7) is 0. The molecule has 0 saturated carbocycles. The molecule has 8 nitrogen and oxygen atoms in total. The van der Waals surface area contributed by atoms with Crippen molar-refractivity contribution in [3.8, 4) is 0 Å². The van der Waals surface area contributed by atoms with Gasteiger partial charge in [-0.25, -0.2) is 15.0 Å². The summed E-state index contributed by atoms with van der Waals surface area (Å²) in [5.41, 5.74) is 7.54. The number of pyridine rings is 3. The van der Waals surface area contributed by atoms with E-state index in [0.29, 0.717) is 46.2 Å². The Morgan fingerprint density at radius 2 is 2.00 bits per heavy atom. The van der Waals surface area contributed by atoms with E-state index < -0.39 is 11.9 Å². The quantitative estimate of drug-likeness (QED) is 0.512. The van der Waals surface area contributed by atoms with Crippen LogP contribution in [0.2, 0.25) is 0 Å². The van der Waals surface area contributed by atoms with Gasteiger partial charge in [0.05, 0.1) is 34.9 Å². The molecule has 2 N–H and O–H groups in total. The average molecular weight is 441 g/mol. The van der Waals surface area contributed by atoms with Crippen LogP contribution in [0, 0.1) is 0 Å². The Balaban J connectivity index is 1.51. The number of aromatic nitrogens is 5. The number of hydrogen-bond acceptors (Lipinski definition) is 6. The normalized spacial score (nSPS) is 16.0. The Hall–Kier alpha value is -3.76. The molecule has 0 radical (unpaired) electrons. The molecule has 164 valence electrons. The minimum absolute atomic E-state index is 0.197. The van der Waals surface area contributed by atoms with Crippen molar-refractivity contribution in [1.82, 2.24) is 29.6 Å². The number of alkyl halides is 3. The van der Waals surface area contributed by atoms with Gasteiger partial charge in [0, 0.05) is 25.2 Å². The number of nitrogens with two attached hydrogens (primary N) is 1. The first kappa shape index (κ1) is 20.2. The van der Waals surface area contributed by atoms with Gasteiger partial charge in [0.2, 0.25) is 0 Å². The summed E-state index contributed by atoms with van der Waals surface area (Å²) in [5, 5.41) is 5.58. The Kier molecular flexibility index (Phi) is 4.33. The van der Waals surface area contributed by atoms with Crippen LogP contribution in [0.15, 0.2) is 30.6 Å². The second-order valence-electron chi connectivity index (χ2n) is 7.81. The zero-order chi connectivity index (χ0) is 22.8. The first-order chi connectivity index (χ1) is 15.1. The van der Waals surface area contributed by atoms with Gasteiger partial charge in [0.25, 0.3) is 5.91 Å². The van der Waals surface area contributed by atoms with Crippen molar-refractivity contribution >= 4 is 33.5 Å². The smallest absolute Gasteiger partial charge is 0.383 e. The molecule has 1 aliphatic rings. The van der Waals surface area contributed by atoms with Crippen molar-refractivity contribution in [3.05, 3.63) is 53.2 Å². The highest BCUT2D eigenvalue weighted by molar-refractivity contribution is 6.09. The number of fused-ring (bicyclic) bond motifs is 4. The highest BCUT2D eigenvalue weighted by Gasteiger charge is 2.36. The number of nitrogen functional groups attached to an aromatic ring is 1. The molecule has 11 heteroatoms. The number of carbonyl (C=O) groups is 1. The molecule has 0 aliphatic heterocycles. The maximum absolute atomic E-state index is 13.2. The summed E-state index contributed by atoms with van der Waals surface area (Å²) in [6.07, 6.45) is -0.546. The number of rotatable bonds is 2. The minimum atomic E-state index is -4.50. The van der Waals surface area contributed by atoms with Crippen LogP contribution < -0.4 is 5.73 Å². The van der Waals surface area contributed by atoms with E-state index >= 15 is 0 Å². The predicted molar refractivity (Wildman–Crippen MR) is 111 cm³/mol. The lowest BCUT2D eigenvalue weighted by Gasteiger charge is -2.25. The third-order valence-corrected chi connectivity index (χ3v) is 5.91. The summed E-state index contributed by atoms with van der Waals surface area (Å²) in [6, 6.07) is 3.63. The third-order valence-electron chi connectivity index (χ3n) is 5.91. The fourth-order valence-electron chi connectivity index (χ4n) is 4.31. The topological polar surface area (TPSA) is 103 Å². The van der Waals surface area contributed by atoms with Crippen LogP contribution in [0.25, 0.3) is 21.8 Å². The van der Waals surface area contributed by atoms with E-state index in [2.05, 4.69) is 20.1 Å². The highest BCUT2D eigenvalue weighted by atomic mass is 19.4. The maximum atomic E-state index is 13.2. The Morgan fingerprint density at radius 3 is 2.75 bits per heavy atom. The number of anilines is 1. The van der Waals surface area contributed by atoms with Crippen LogP contribution in [0.4, 0.5) is 19.0 Å². The van der Waals surface area contributed by atoms with Crippen molar-refractivity contribution in [3.63, 3.8) is 0 Å².